The third-order valence-electron chi connectivity index (χ3n) is 2.87. The number of hydrogen-bond donors (Lipinski definition) is 3. The summed E-state index contributed by atoms with van der Waals surface area (Å²) in [6, 6.07) is 8.38. The van der Waals surface area contributed by atoms with E-state index in [-0.39, 0.29) is 17.9 Å². The molecule has 0 heterocycles. The van der Waals surface area contributed by atoms with E-state index in [0.29, 0.717) is 0 Å². The number of oxime groups is 1. The van der Waals surface area contributed by atoms with Gasteiger partial charge in [0.1, 0.15) is 0 Å². The highest BCUT2D eigenvalue weighted by molar-refractivity contribution is 5.85. The van der Waals surface area contributed by atoms with Gasteiger partial charge in [0, 0.05) is 6.04 Å². The van der Waals surface area contributed by atoms with Crippen molar-refractivity contribution in [2.45, 2.75) is 39.3 Å². The van der Waals surface area contributed by atoms with Crippen LogP contribution in [0.4, 0.5) is 0 Å². The van der Waals surface area contributed by atoms with E-state index < -0.39 is 0 Å². The molecule has 0 bridgehead atoms. The average Bonchev–Trinajstić information content (AvgIpc) is 2.34. The second-order valence-electron chi connectivity index (χ2n) is 4.29. The second kappa shape index (κ2) is 6.25. The lowest BCUT2D eigenvalue weighted by Gasteiger charge is -2.21. The largest absolute Gasteiger partial charge is 0.409 e. The lowest BCUT2D eigenvalue weighted by atomic mass is 10.0. The Bertz CT molecular complexity index is 390. The minimum absolute atomic E-state index is 0.101. The first-order valence-electron chi connectivity index (χ1n) is 5.88. The van der Waals surface area contributed by atoms with E-state index in [4.69, 9.17) is 10.9 Å². The number of rotatable bonds is 5. The van der Waals surface area contributed by atoms with E-state index in [1.54, 1.807) is 0 Å². The normalized spacial score (nSPS) is 15.6. The minimum Gasteiger partial charge on any atom is -0.409 e. The molecule has 1 rings (SSSR count). The van der Waals surface area contributed by atoms with Crippen LogP contribution in [0.1, 0.15) is 37.4 Å². The molecule has 0 fully saturated rings. The van der Waals surface area contributed by atoms with Crippen LogP contribution in [0.3, 0.4) is 0 Å². The van der Waals surface area contributed by atoms with E-state index in [0.717, 1.165) is 6.42 Å². The Labute approximate surface area is 103 Å². The highest BCUT2D eigenvalue weighted by atomic mass is 16.4. The van der Waals surface area contributed by atoms with Gasteiger partial charge in [-0.1, -0.05) is 41.9 Å². The van der Waals surface area contributed by atoms with Crippen LogP contribution in [0.25, 0.3) is 0 Å². The molecular formula is C13H21N3O. The molecule has 1 aromatic carbocycles. The van der Waals surface area contributed by atoms with Crippen LogP contribution in [-0.4, -0.2) is 17.1 Å². The summed E-state index contributed by atoms with van der Waals surface area (Å²) >= 11 is 0. The van der Waals surface area contributed by atoms with E-state index in [9.17, 15) is 0 Å². The third kappa shape index (κ3) is 3.75. The topological polar surface area (TPSA) is 70.6 Å². The molecule has 2 atom stereocenters. The molecule has 1 aromatic rings. The summed E-state index contributed by atoms with van der Waals surface area (Å²) in [5, 5.41) is 15.1. The molecular weight excluding hydrogens is 214 g/mol. The van der Waals surface area contributed by atoms with Gasteiger partial charge in [-0.2, -0.15) is 0 Å². The fourth-order valence-corrected chi connectivity index (χ4v) is 1.82. The van der Waals surface area contributed by atoms with Crippen molar-refractivity contribution in [3.63, 3.8) is 0 Å². The summed E-state index contributed by atoms with van der Waals surface area (Å²) in [5.41, 5.74) is 8.05. The van der Waals surface area contributed by atoms with Gasteiger partial charge >= 0.3 is 0 Å². The maximum absolute atomic E-state index is 8.69. The first kappa shape index (κ1) is 13.5. The molecule has 0 aromatic heterocycles. The molecule has 0 radical (unpaired) electrons. The lowest BCUT2D eigenvalue weighted by Crippen LogP contribution is -2.42. The quantitative estimate of drug-likeness (QED) is 0.317. The van der Waals surface area contributed by atoms with Crippen LogP contribution in [0, 0.1) is 6.92 Å². The van der Waals surface area contributed by atoms with Crippen molar-refractivity contribution in [3.05, 3.63) is 35.4 Å². The predicted octanol–water partition coefficient (Wildman–Crippen LogP) is 2.17. The Kier molecular flexibility index (Phi) is 4.97. The summed E-state index contributed by atoms with van der Waals surface area (Å²) in [7, 11) is 0. The number of nitrogens with zero attached hydrogens (tertiary/aromatic N) is 1. The highest BCUT2D eigenvalue weighted by Crippen LogP contribution is 2.15. The average molecular weight is 235 g/mol. The first-order chi connectivity index (χ1) is 8.08. The molecule has 0 amide bonds. The van der Waals surface area contributed by atoms with E-state index >= 15 is 0 Å². The smallest absolute Gasteiger partial charge is 0.156 e. The monoisotopic (exact) mass is 235 g/mol. The summed E-state index contributed by atoms with van der Waals surface area (Å²) in [6.07, 6.45) is 0.784. The Morgan fingerprint density at radius 1 is 1.53 bits per heavy atom. The molecule has 4 nitrogen and oxygen atoms in total. The van der Waals surface area contributed by atoms with Gasteiger partial charge in [0.2, 0.25) is 0 Å². The summed E-state index contributed by atoms with van der Waals surface area (Å²) in [4.78, 5) is 0. The Hall–Kier alpha value is -1.55. The summed E-state index contributed by atoms with van der Waals surface area (Å²) < 4.78 is 0. The first-order valence-corrected chi connectivity index (χ1v) is 5.88. The molecule has 0 aliphatic heterocycles. The van der Waals surface area contributed by atoms with Gasteiger partial charge in [-0.15, -0.1) is 0 Å². The SMILES string of the molecule is CCC(N[C@@H](C)c1cccc(C)c1)/C(N)=N/O. The van der Waals surface area contributed by atoms with Crippen molar-refractivity contribution in [1.29, 1.82) is 0 Å². The maximum Gasteiger partial charge on any atom is 0.156 e. The zero-order valence-electron chi connectivity index (χ0n) is 10.6. The van der Waals surface area contributed by atoms with Crippen LogP contribution >= 0.6 is 0 Å². The van der Waals surface area contributed by atoms with Crippen molar-refractivity contribution in [2.75, 3.05) is 0 Å². The molecule has 94 valence electrons. The van der Waals surface area contributed by atoms with Crippen LogP contribution < -0.4 is 11.1 Å². The van der Waals surface area contributed by atoms with Crippen molar-refractivity contribution >= 4 is 5.84 Å². The second-order valence-corrected chi connectivity index (χ2v) is 4.29. The van der Waals surface area contributed by atoms with Crippen LogP contribution in [-0.2, 0) is 0 Å². The van der Waals surface area contributed by atoms with Crippen LogP contribution in [0.15, 0.2) is 29.4 Å². The van der Waals surface area contributed by atoms with E-state index in [2.05, 4.69) is 42.5 Å². The number of benzene rings is 1. The third-order valence-corrected chi connectivity index (χ3v) is 2.87. The number of nitrogens with one attached hydrogen (secondary N) is 1. The number of hydrogen-bond acceptors (Lipinski definition) is 3. The minimum atomic E-state index is -0.101. The van der Waals surface area contributed by atoms with Gasteiger partial charge in [-0.05, 0) is 25.8 Å². The molecule has 4 N–H and O–H groups in total. The van der Waals surface area contributed by atoms with Crippen molar-refractivity contribution < 1.29 is 5.21 Å². The van der Waals surface area contributed by atoms with Gasteiger partial charge in [-0.25, -0.2) is 0 Å². The fraction of sp³-hybridized carbons (Fsp3) is 0.462. The molecule has 0 aliphatic carbocycles. The van der Waals surface area contributed by atoms with Crippen molar-refractivity contribution in [2.24, 2.45) is 10.9 Å². The van der Waals surface area contributed by atoms with Gasteiger partial charge in [0.05, 0.1) is 6.04 Å². The number of nitrogens with two attached hydrogens (primary N) is 1. The molecule has 0 aliphatic rings. The van der Waals surface area contributed by atoms with Gasteiger partial charge in [0.15, 0.2) is 5.84 Å². The molecule has 0 saturated carbocycles. The van der Waals surface area contributed by atoms with E-state index in [1.807, 2.05) is 13.0 Å². The molecule has 1 unspecified atom stereocenters. The van der Waals surface area contributed by atoms with E-state index in [1.165, 1.54) is 11.1 Å². The summed E-state index contributed by atoms with van der Waals surface area (Å²) in [6.45, 7) is 6.14. The standard InChI is InChI=1S/C13H21N3O/c1-4-12(13(14)16-17)15-10(3)11-7-5-6-9(2)8-11/h5-8,10,12,15,17H,4H2,1-3H3,(H2,14,16)/t10-,12?/m0/s1. The Balaban J connectivity index is 2.74. The maximum atomic E-state index is 8.69. The van der Waals surface area contributed by atoms with Crippen LogP contribution in [0.2, 0.25) is 0 Å². The van der Waals surface area contributed by atoms with Gasteiger partial charge < -0.3 is 16.3 Å². The zero-order valence-corrected chi connectivity index (χ0v) is 10.6. The number of aryl methyl sites for hydroxylation is 1. The van der Waals surface area contributed by atoms with Crippen LogP contribution in [0.5, 0.6) is 0 Å². The Morgan fingerprint density at radius 3 is 2.76 bits per heavy atom. The van der Waals surface area contributed by atoms with Gasteiger partial charge in [-0.3, -0.25) is 0 Å². The molecule has 0 saturated heterocycles. The highest BCUT2D eigenvalue weighted by Gasteiger charge is 2.15. The fourth-order valence-electron chi connectivity index (χ4n) is 1.82. The number of amidine groups is 1. The molecule has 4 heteroatoms. The summed E-state index contributed by atoms with van der Waals surface area (Å²) in [5.74, 6) is 0.229. The molecule has 17 heavy (non-hydrogen) atoms. The zero-order chi connectivity index (χ0) is 12.8. The predicted molar refractivity (Wildman–Crippen MR) is 70.2 cm³/mol. The van der Waals surface area contributed by atoms with Crippen molar-refractivity contribution in [3.8, 4) is 0 Å². The van der Waals surface area contributed by atoms with Gasteiger partial charge in [0.25, 0.3) is 0 Å². The van der Waals surface area contributed by atoms with Crippen molar-refractivity contribution in [1.82, 2.24) is 5.32 Å². The Morgan fingerprint density at radius 2 is 2.24 bits per heavy atom. The molecule has 0 spiro atoms. The lowest BCUT2D eigenvalue weighted by molar-refractivity contribution is 0.313.